The molecule has 0 radical (unpaired) electrons. The van der Waals surface area contributed by atoms with E-state index in [4.69, 9.17) is 4.74 Å². The number of carboxylic acids is 1. The minimum absolute atomic E-state index is 0.00898. The van der Waals surface area contributed by atoms with Gasteiger partial charge in [-0.1, -0.05) is 30.8 Å². The lowest BCUT2D eigenvalue weighted by atomic mass is 10.2. The van der Waals surface area contributed by atoms with Gasteiger partial charge in [-0.25, -0.2) is 4.68 Å². The Morgan fingerprint density at radius 3 is 2.60 bits per heavy atom. The highest BCUT2D eigenvalue weighted by Crippen LogP contribution is 2.11. The molecule has 1 aromatic heterocycles. The maximum Gasteiger partial charge on any atom is 0.279 e. The van der Waals surface area contributed by atoms with Crippen molar-refractivity contribution in [1.29, 1.82) is 0 Å². The molecule has 6 nitrogen and oxygen atoms in total. The van der Waals surface area contributed by atoms with E-state index in [0.29, 0.717) is 16.3 Å². The summed E-state index contributed by atoms with van der Waals surface area (Å²) >= 11 is 0. The number of aromatic nitrogens is 2. The highest BCUT2D eigenvalue weighted by molar-refractivity contribution is 5.86. The number of ether oxygens (including phenoxy) is 1. The lowest BCUT2D eigenvalue weighted by Crippen LogP contribution is -2.34. The van der Waals surface area contributed by atoms with Gasteiger partial charge in [-0.05, 0) is 41.5 Å². The van der Waals surface area contributed by atoms with Crippen molar-refractivity contribution in [2.24, 2.45) is 0 Å². The number of carbonyl (C=O) groups is 1. The van der Waals surface area contributed by atoms with Gasteiger partial charge >= 0.3 is 0 Å². The monoisotopic (exact) mass is 335 g/mol. The van der Waals surface area contributed by atoms with Gasteiger partial charge in [-0.3, -0.25) is 9.89 Å². The summed E-state index contributed by atoms with van der Waals surface area (Å²) in [6.07, 6.45) is 1.71. The topological polar surface area (TPSA) is 87.1 Å². The number of hydrogen-bond donors (Lipinski definition) is 1. The number of aromatic carboxylic acids is 1. The van der Waals surface area contributed by atoms with Crippen molar-refractivity contribution in [2.75, 3.05) is 7.11 Å². The Kier molecular flexibility index (Phi) is 4.26. The van der Waals surface area contributed by atoms with E-state index in [1.807, 2.05) is 12.1 Å². The average molecular weight is 335 g/mol. The average Bonchev–Trinajstić information content (AvgIpc) is 2.90. The van der Waals surface area contributed by atoms with Crippen LogP contribution < -0.4 is 26.0 Å². The number of aromatic amines is 1. The SMILES string of the molecule is C=c1[nH]n(-c2cccc(C(=O)[O-])c2)c(=O)c1=Cc1ccc(OC)cc1. The van der Waals surface area contributed by atoms with E-state index in [0.717, 1.165) is 11.3 Å². The van der Waals surface area contributed by atoms with Crippen molar-refractivity contribution < 1.29 is 14.6 Å². The zero-order chi connectivity index (χ0) is 18.0. The van der Waals surface area contributed by atoms with Crippen LogP contribution in [0.4, 0.5) is 0 Å². The Balaban J connectivity index is 2.11. The van der Waals surface area contributed by atoms with E-state index in [1.54, 1.807) is 37.5 Å². The number of carboxylic acid groups (broad SMARTS) is 1. The summed E-state index contributed by atoms with van der Waals surface area (Å²) in [6.45, 7) is 3.85. The lowest BCUT2D eigenvalue weighted by molar-refractivity contribution is -0.255. The molecule has 0 spiro atoms. The number of rotatable bonds is 4. The number of hydrogen-bond acceptors (Lipinski definition) is 4. The second-order valence-electron chi connectivity index (χ2n) is 5.40. The molecule has 1 N–H and O–H groups in total. The van der Waals surface area contributed by atoms with Crippen molar-refractivity contribution in [3.63, 3.8) is 0 Å². The van der Waals surface area contributed by atoms with Crippen LogP contribution in [0.5, 0.6) is 5.75 Å². The summed E-state index contributed by atoms with van der Waals surface area (Å²) < 4.78 is 6.36. The van der Waals surface area contributed by atoms with Crippen LogP contribution in [0.2, 0.25) is 0 Å². The second-order valence-corrected chi connectivity index (χ2v) is 5.40. The van der Waals surface area contributed by atoms with Gasteiger partial charge in [-0.15, -0.1) is 0 Å². The summed E-state index contributed by atoms with van der Waals surface area (Å²) in [5.74, 6) is -0.584. The predicted molar refractivity (Wildman–Crippen MR) is 92.1 cm³/mol. The number of nitrogens with one attached hydrogen (secondary N) is 1. The predicted octanol–water partition coefficient (Wildman–Crippen LogP) is -0.223. The smallest absolute Gasteiger partial charge is 0.279 e. The second kappa shape index (κ2) is 6.52. The minimum Gasteiger partial charge on any atom is -0.545 e. The van der Waals surface area contributed by atoms with Gasteiger partial charge in [0.05, 0.1) is 29.3 Å². The van der Waals surface area contributed by atoms with E-state index in [1.165, 1.54) is 16.8 Å². The number of carbonyl (C=O) groups excluding carboxylic acids is 1. The van der Waals surface area contributed by atoms with Crippen LogP contribution in [0, 0.1) is 0 Å². The van der Waals surface area contributed by atoms with Crippen LogP contribution in [-0.2, 0) is 0 Å². The summed E-state index contributed by atoms with van der Waals surface area (Å²) in [5, 5.41) is 14.7. The zero-order valence-electron chi connectivity index (χ0n) is 13.5. The highest BCUT2D eigenvalue weighted by Gasteiger charge is 2.06. The molecule has 0 aliphatic carbocycles. The molecule has 3 aromatic rings. The molecule has 0 fully saturated rings. The lowest BCUT2D eigenvalue weighted by Gasteiger charge is -2.05. The summed E-state index contributed by atoms with van der Waals surface area (Å²) in [4.78, 5) is 23.7. The van der Waals surface area contributed by atoms with Crippen LogP contribution in [0.25, 0.3) is 18.3 Å². The Labute approximate surface area is 142 Å². The standard InChI is InChI=1S/C19H16N2O4/c1-12-17(10-13-6-8-16(25-2)9-7-13)18(22)21(20-12)15-5-3-4-14(11-15)19(23)24/h3-11,20H,1H2,2H3,(H,23,24)/p-1. The first-order chi connectivity index (χ1) is 12.0. The summed E-state index contributed by atoms with van der Waals surface area (Å²) in [7, 11) is 1.58. The summed E-state index contributed by atoms with van der Waals surface area (Å²) in [6, 6.07) is 13.2. The van der Waals surface area contributed by atoms with Crippen LogP contribution in [-0.4, -0.2) is 22.9 Å². The first-order valence-electron chi connectivity index (χ1n) is 7.47. The molecule has 126 valence electrons. The normalized spacial score (nSPS) is 11.5. The molecule has 0 aliphatic heterocycles. The third kappa shape index (κ3) is 3.23. The van der Waals surface area contributed by atoms with Gasteiger partial charge < -0.3 is 14.6 Å². The minimum atomic E-state index is -1.30. The molecule has 0 unspecified atom stereocenters. The Bertz CT molecular complexity index is 1090. The molecule has 0 aliphatic rings. The third-order valence-corrected chi connectivity index (χ3v) is 3.77. The molecule has 25 heavy (non-hydrogen) atoms. The molecule has 0 bridgehead atoms. The number of H-pyrrole nitrogens is 1. The molecule has 0 saturated carbocycles. The van der Waals surface area contributed by atoms with Crippen molar-refractivity contribution in [2.45, 2.75) is 0 Å². The van der Waals surface area contributed by atoms with Gasteiger partial charge in [0.25, 0.3) is 5.56 Å². The van der Waals surface area contributed by atoms with Crippen LogP contribution in [0.15, 0.2) is 53.3 Å². The molecule has 6 heteroatoms. The fourth-order valence-corrected chi connectivity index (χ4v) is 2.46. The third-order valence-electron chi connectivity index (χ3n) is 3.77. The van der Waals surface area contributed by atoms with Gasteiger partial charge in [-0.2, -0.15) is 0 Å². The molecule has 3 rings (SSSR count). The molecule has 0 atom stereocenters. The largest absolute Gasteiger partial charge is 0.545 e. The van der Waals surface area contributed by atoms with Gasteiger partial charge in [0.15, 0.2) is 0 Å². The van der Waals surface area contributed by atoms with E-state index in [2.05, 4.69) is 11.7 Å². The van der Waals surface area contributed by atoms with E-state index in [-0.39, 0.29) is 11.1 Å². The fourth-order valence-electron chi connectivity index (χ4n) is 2.46. The van der Waals surface area contributed by atoms with Crippen molar-refractivity contribution in [1.82, 2.24) is 9.78 Å². The molecule has 1 heterocycles. The Hall–Kier alpha value is -3.54. The Morgan fingerprint density at radius 1 is 1.24 bits per heavy atom. The van der Waals surface area contributed by atoms with Crippen LogP contribution in [0.3, 0.4) is 0 Å². The first-order valence-corrected chi connectivity index (χ1v) is 7.47. The maximum atomic E-state index is 12.7. The van der Waals surface area contributed by atoms with Gasteiger partial charge in [0.1, 0.15) is 5.75 Å². The number of nitrogens with zero attached hydrogens (tertiary/aromatic N) is 1. The van der Waals surface area contributed by atoms with Gasteiger partial charge in [0.2, 0.25) is 0 Å². The number of methoxy groups -OCH3 is 1. The molecule has 0 saturated heterocycles. The maximum absolute atomic E-state index is 12.7. The Morgan fingerprint density at radius 2 is 1.96 bits per heavy atom. The van der Waals surface area contributed by atoms with Crippen molar-refractivity contribution in [3.8, 4) is 11.4 Å². The highest BCUT2D eigenvalue weighted by atomic mass is 16.5. The number of benzene rings is 2. The van der Waals surface area contributed by atoms with Crippen LogP contribution in [0.1, 0.15) is 15.9 Å². The van der Waals surface area contributed by atoms with Gasteiger partial charge in [0, 0.05) is 0 Å². The first kappa shape index (κ1) is 16.3. The van der Waals surface area contributed by atoms with E-state index < -0.39 is 5.97 Å². The molecule has 0 amide bonds. The van der Waals surface area contributed by atoms with E-state index in [9.17, 15) is 14.7 Å². The van der Waals surface area contributed by atoms with E-state index >= 15 is 0 Å². The summed E-state index contributed by atoms with van der Waals surface area (Å²) in [5.41, 5.74) is 0.880. The molecular weight excluding hydrogens is 320 g/mol. The molecular formula is C19H15N2O4-. The fraction of sp³-hybridized carbons (Fsp3) is 0.0526. The van der Waals surface area contributed by atoms with Crippen molar-refractivity contribution >= 4 is 18.6 Å². The quantitative estimate of drug-likeness (QED) is 0.714. The van der Waals surface area contributed by atoms with Crippen LogP contribution >= 0.6 is 0 Å². The van der Waals surface area contributed by atoms with Crippen molar-refractivity contribution in [3.05, 3.63) is 80.6 Å². The zero-order valence-corrected chi connectivity index (χ0v) is 13.5. The molecule has 2 aromatic carbocycles.